The van der Waals surface area contributed by atoms with Crippen LogP contribution in [-0.2, 0) is 4.79 Å². The van der Waals surface area contributed by atoms with Crippen LogP contribution in [0.15, 0.2) is 0 Å². The van der Waals surface area contributed by atoms with Crippen molar-refractivity contribution in [1.82, 2.24) is 15.5 Å². The summed E-state index contributed by atoms with van der Waals surface area (Å²) in [5.74, 6) is -0.972. The second-order valence-corrected chi connectivity index (χ2v) is 5.41. The van der Waals surface area contributed by atoms with Gasteiger partial charge in [0, 0.05) is 19.1 Å². The fourth-order valence-corrected chi connectivity index (χ4v) is 2.55. The van der Waals surface area contributed by atoms with Gasteiger partial charge in [-0.3, -0.25) is 0 Å². The van der Waals surface area contributed by atoms with Crippen molar-refractivity contribution in [2.45, 2.75) is 58.0 Å². The Morgan fingerprint density at radius 2 is 1.90 bits per heavy atom. The molecular weight excluding hydrogens is 258 g/mol. The molecular formula is C14H27N3O3. The smallest absolute Gasteiger partial charge is 0.326 e. The third-order valence-corrected chi connectivity index (χ3v) is 3.64. The van der Waals surface area contributed by atoms with Gasteiger partial charge in [0.05, 0.1) is 0 Å². The van der Waals surface area contributed by atoms with Gasteiger partial charge in [-0.1, -0.05) is 20.3 Å². The summed E-state index contributed by atoms with van der Waals surface area (Å²) in [4.78, 5) is 25.2. The Kier molecular flexibility index (Phi) is 7.36. The van der Waals surface area contributed by atoms with Gasteiger partial charge in [-0.2, -0.15) is 0 Å². The maximum Gasteiger partial charge on any atom is 0.326 e. The number of carboxylic acids is 1. The van der Waals surface area contributed by atoms with Crippen LogP contribution in [0.5, 0.6) is 0 Å². The predicted molar refractivity (Wildman–Crippen MR) is 77.8 cm³/mol. The number of hydrogen-bond acceptors (Lipinski definition) is 3. The maximum atomic E-state index is 11.8. The van der Waals surface area contributed by atoms with Crippen molar-refractivity contribution in [2.75, 3.05) is 19.6 Å². The van der Waals surface area contributed by atoms with Gasteiger partial charge < -0.3 is 20.6 Å². The Balaban J connectivity index is 2.30. The van der Waals surface area contributed by atoms with Crippen LogP contribution in [0, 0.1) is 0 Å². The van der Waals surface area contributed by atoms with Crippen molar-refractivity contribution in [3.8, 4) is 0 Å². The lowest BCUT2D eigenvalue weighted by Gasteiger charge is -2.32. The molecule has 1 unspecified atom stereocenters. The summed E-state index contributed by atoms with van der Waals surface area (Å²) in [6.45, 7) is 7.17. The van der Waals surface area contributed by atoms with E-state index < -0.39 is 12.0 Å². The van der Waals surface area contributed by atoms with Gasteiger partial charge in [0.1, 0.15) is 6.04 Å². The highest BCUT2D eigenvalue weighted by Gasteiger charge is 2.23. The molecule has 0 aromatic heterocycles. The van der Waals surface area contributed by atoms with Gasteiger partial charge in [-0.15, -0.1) is 0 Å². The molecule has 0 saturated carbocycles. The van der Waals surface area contributed by atoms with E-state index in [-0.39, 0.29) is 12.1 Å². The van der Waals surface area contributed by atoms with Crippen molar-refractivity contribution in [1.29, 1.82) is 0 Å². The first-order valence-electron chi connectivity index (χ1n) is 7.59. The lowest BCUT2D eigenvalue weighted by atomic mass is 10.1. The summed E-state index contributed by atoms with van der Waals surface area (Å²) in [5.41, 5.74) is 0. The molecule has 0 radical (unpaired) electrons. The van der Waals surface area contributed by atoms with Gasteiger partial charge in [0.2, 0.25) is 0 Å². The largest absolute Gasteiger partial charge is 0.480 e. The Labute approximate surface area is 120 Å². The molecule has 1 saturated heterocycles. The van der Waals surface area contributed by atoms with Crippen LogP contribution < -0.4 is 10.6 Å². The number of rotatable bonds is 7. The number of hydrogen-bond donors (Lipinski definition) is 3. The van der Waals surface area contributed by atoms with Crippen molar-refractivity contribution < 1.29 is 14.7 Å². The van der Waals surface area contributed by atoms with Crippen LogP contribution in [0.4, 0.5) is 4.79 Å². The number of piperidine rings is 1. The van der Waals surface area contributed by atoms with Crippen molar-refractivity contribution >= 4 is 12.0 Å². The maximum absolute atomic E-state index is 11.8. The van der Waals surface area contributed by atoms with Crippen molar-refractivity contribution in [3.05, 3.63) is 0 Å². The van der Waals surface area contributed by atoms with Crippen LogP contribution in [0.3, 0.4) is 0 Å². The fourth-order valence-electron chi connectivity index (χ4n) is 2.55. The zero-order valence-corrected chi connectivity index (χ0v) is 12.5. The molecule has 2 amide bonds. The minimum Gasteiger partial charge on any atom is -0.480 e. The summed E-state index contributed by atoms with van der Waals surface area (Å²) < 4.78 is 0. The van der Waals surface area contributed by atoms with E-state index in [9.17, 15) is 9.59 Å². The van der Waals surface area contributed by atoms with E-state index in [2.05, 4.69) is 22.5 Å². The average Bonchev–Trinajstić information content (AvgIpc) is 2.40. The van der Waals surface area contributed by atoms with Crippen LogP contribution in [0.2, 0.25) is 0 Å². The topological polar surface area (TPSA) is 81.7 Å². The Hall–Kier alpha value is -1.30. The first kappa shape index (κ1) is 16.8. The fraction of sp³-hybridized carbons (Fsp3) is 0.857. The van der Waals surface area contributed by atoms with Gasteiger partial charge in [-0.05, 0) is 32.2 Å². The van der Waals surface area contributed by atoms with Gasteiger partial charge >= 0.3 is 12.0 Å². The highest BCUT2D eigenvalue weighted by atomic mass is 16.4. The number of carbonyl (C=O) groups is 2. The van der Waals surface area contributed by atoms with Crippen LogP contribution >= 0.6 is 0 Å². The predicted octanol–water partition coefficient (Wildman–Crippen LogP) is 1.41. The molecule has 20 heavy (non-hydrogen) atoms. The van der Waals surface area contributed by atoms with E-state index >= 15 is 0 Å². The first-order valence-corrected chi connectivity index (χ1v) is 7.59. The van der Waals surface area contributed by atoms with E-state index in [1.54, 1.807) is 0 Å². The molecule has 0 bridgehead atoms. The monoisotopic (exact) mass is 285 g/mol. The Bertz CT molecular complexity index is 315. The zero-order valence-electron chi connectivity index (χ0n) is 12.5. The molecule has 0 aliphatic carbocycles. The van der Waals surface area contributed by atoms with Crippen LogP contribution in [0.25, 0.3) is 0 Å². The summed E-state index contributed by atoms with van der Waals surface area (Å²) in [6.07, 6.45) is 4.19. The standard InChI is InChI=1S/C14H27N3O3/c1-3-5-12(13(18)19)16-14(20)15-11-6-9-17(8-4-2)10-7-11/h11-12H,3-10H2,1-2H3,(H,18,19)(H2,15,16,20). The number of nitrogens with zero attached hydrogens (tertiary/aromatic N) is 1. The quantitative estimate of drug-likeness (QED) is 0.660. The van der Waals surface area contributed by atoms with E-state index in [0.717, 1.165) is 45.3 Å². The molecule has 0 aromatic carbocycles. The lowest BCUT2D eigenvalue weighted by molar-refractivity contribution is -0.139. The number of amides is 2. The van der Waals surface area contributed by atoms with Crippen LogP contribution in [0.1, 0.15) is 46.0 Å². The number of nitrogens with one attached hydrogen (secondary N) is 2. The lowest BCUT2D eigenvalue weighted by Crippen LogP contribution is -2.51. The second-order valence-electron chi connectivity index (χ2n) is 5.41. The molecule has 1 aliphatic heterocycles. The average molecular weight is 285 g/mol. The molecule has 1 fully saturated rings. The molecule has 1 aliphatic rings. The molecule has 1 rings (SSSR count). The highest BCUT2D eigenvalue weighted by Crippen LogP contribution is 2.10. The van der Waals surface area contributed by atoms with E-state index in [0.29, 0.717) is 6.42 Å². The van der Waals surface area contributed by atoms with Gasteiger partial charge in [0.15, 0.2) is 0 Å². The van der Waals surface area contributed by atoms with Gasteiger partial charge in [-0.25, -0.2) is 9.59 Å². The molecule has 0 spiro atoms. The third-order valence-electron chi connectivity index (χ3n) is 3.64. The molecule has 3 N–H and O–H groups in total. The number of carboxylic acid groups (broad SMARTS) is 1. The number of carbonyl (C=O) groups excluding carboxylic acids is 1. The third kappa shape index (κ3) is 5.77. The number of urea groups is 1. The van der Waals surface area contributed by atoms with Gasteiger partial charge in [0.25, 0.3) is 0 Å². The molecule has 1 heterocycles. The molecule has 116 valence electrons. The summed E-state index contributed by atoms with van der Waals surface area (Å²) in [7, 11) is 0. The van der Waals surface area contributed by atoms with E-state index in [1.807, 2.05) is 6.92 Å². The summed E-state index contributed by atoms with van der Waals surface area (Å²) in [5, 5.41) is 14.4. The van der Waals surface area contributed by atoms with Crippen LogP contribution in [-0.4, -0.2) is 53.7 Å². The van der Waals surface area contributed by atoms with Crippen molar-refractivity contribution in [3.63, 3.8) is 0 Å². The number of likely N-dealkylation sites (tertiary alicyclic amines) is 1. The van der Waals surface area contributed by atoms with Crippen molar-refractivity contribution in [2.24, 2.45) is 0 Å². The zero-order chi connectivity index (χ0) is 15.0. The first-order chi connectivity index (χ1) is 9.56. The van der Waals surface area contributed by atoms with E-state index in [1.165, 1.54) is 0 Å². The highest BCUT2D eigenvalue weighted by molar-refractivity contribution is 5.82. The molecule has 6 nitrogen and oxygen atoms in total. The minimum atomic E-state index is -0.972. The molecule has 1 atom stereocenters. The Morgan fingerprint density at radius 1 is 1.25 bits per heavy atom. The SMILES string of the molecule is CCCC(NC(=O)NC1CCN(CCC)CC1)C(=O)O. The molecule has 0 aromatic rings. The second kappa shape index (κ2) is 8.79. The van der Waals surface area contributed by atoms with E-state index in [4.69, 9.17) is 5.11 Å². The molecule has 6 heteroatoms. The summed E-state index contributed by atoms with van der Waals surface area (Å²) in [6, 6.07) is -1.00. The normalized spacial score (nSPS) is 18.5. The Morgan fingerprint density at radius 3 is 2.40 bits per heavy atom. The minimum absolute atomic E-state index is 0.152. The summed E-state index contributed by atoms with van der Waals surface area (Å²) >= 11 is 0. The number of aliphatic carboxylic acids is 1.